The minimum absolute atomic E-state index is 0.00249. The van der Waals surface area contributed by atoms with Crippen LogP contribution in [0.25, 0.3) is 16.7 Å². The number of rotatable bonds is 3. The first-order valence-corrected chi connectivity index (χ1v) is 10.7. The van der Waals surface area contributed by atoms with Crippen LogP contribution in [-0.2, 0) is 13.6 Å². The molecule has 3 aromatic heterocycles. The Kier molecular flexibility index (Phi) is 4.42. The molecule has 2 atom stereocenters. The van der Waals surface area contributed by atoms with Gasteiger partial charge in [-0.3, -0.25) is 13.9 Å². The van der Waals surface area contributed by atoms with Crippen molar-refractivity contribution in [2.75, 3.05) is 13.1 Å². The summed E-state index contributed by atoms with van der Waals surface area (Å²) < 4.78 is 8.26. The van der Waals surface area contributed by atoms with Gasteiger partial charge in [-0.1, -0.05) is 32.0 Å². The van der Waals surface area contributed by atoms with Gasteiger partial charge in [-0.25, -0.2) is 9.78 Å². The van der Waals surface area contributed by atoms with E-state index < -0.39 is 0 Å². The molecule has 5 rings (SSSR count). The van der Waals surface area contributed by atoms with E-state index in [-0.39, 0.29) is 17.0 Å². The Hall–Kier alpha value is -3.16. The lowest BCUT2D eigenvalue weighted by Gasteiger charge is -2.18. The van der Waals surface area contributed by atoms with Gasteiger partial charge in [-0.05, 0) is 41.4 Å². The zero-order valence-corrected chi connectivity index (χ0v) is 18.3. The Morgan fingerprint density at radius 3 is 2.71 bits per heavy atom. The highest BCUT2D eigenvalue weighted by Crippen LogP contribution is 2.41. The van der Waals surface area contributed by atoms with Gasteiger partial charge in [0.15, 0.2) is 11.3 Å². The Labute approximate surface area is 180 Å². The smallest absolute Gasteiger partial charge is 0.330 e. The minimum atomic E-state index is -0.0761. The maximum Gasteiger partial charge on any atom is 0.330 e. The molecule has 8 nitrogen and oxygen atoms in total. The molecule has 8 heteroatoms. The fraction of sp³-hybridized carbons (Fsp3) is 0.478. The summed E-state index contributed by atoms with van der Waals surface area (Å²) in [5.41, 5.74) is 4.02. The van der Waals surface area contributed by atoms with Gasteiger partial charge in [0.25, 0.3) is 5.91 Å². The quantitative estimate of drug-likeness (QED) is 0.649. The Morgan fingerprint density at radius 1 is 1.23 bits per heavy atom. The Bertz CT molecular complexity index is 1240. The Morgan fingerprint density at radius 2 is 2.03 bits per heavy atom. The highest BCUT2D eigenvalue weighted by atomic mass is 16.5. The summed E-state index contributed by atoms with van der Waals surface area (Å²) in [5.74, 6) is 0.628. The molecule has 31 heavy (non-hydrogen) atoms. The fourth-order valence-corrected chi connectivity index (χ4v) is 4.83. The second-order valence-electron chi connectivity index (χ2n) is 9.94. The summed E-state index contributed by atoms with van der Waals surface area (Å²) >= 11 is 0. The van der Waals surface area contributed by atoms with Crippen molar-refractivity contribution in [2.24, 2.45) is 24.3 Å². The van der Waals surface area contributed by atoms with Crippen molar-refractivity contribution in [2.45, 2.75) is 33.7 Å². The van der Waals surface area contributed by atoms with Gasteiger partial charge >= 0.3 is 5.69 Å². The van der Waals surface area contributed by atoms with E-state index in [2.05, 4.69) is 32.0 Å². The molecule has 0 N–H and O–H groups in total. The van der Waals surface area contributed by atoms with Gasteiger partial charge in [-0.2, -0.15) is 0 Å². The fourth-order valence-electron chi connectivity index (χ4n) is 4.83. The Balaban J connectivity index is 1.40. The van der Waals surface area contributed by atoms with Gasteiger partial charge in [-0.15, -0.1) is 0 Å². The van der Waals surface area contributed by atoms with E-state index in [0.717, 1.165) is 17.6 Å². The van der Waals surface area contributed by atoms with Crippen molar-refractivity contribution >= 4 is 22.6 Å². The van der Waals surface area contributed by atoms with Gasteiger partial charge in [0.1, 0.15) is 6.26 Å². The lowest BCUT2D eigenvalue weighted by molar-refractivity contribution is 0.0774. The molecule has 0 aromatic carbocycles. The van der Waals surface area contributed by atoms with Crippen LogP contribution in [0.5, 0.6) is 0 Å². The third-order valence-electron chi connectivity index (χ3n) is 6.28. The molecule has 4 heterocycles. The van der Waals surface area contributed by atoms with E-state index in [9.17, 15) is 9.59 Å². The van der Waals surface area contributed by atoms with Gasteiger partial charge < -0.3 is 9.42 Å². The average Bonchev–Trinajstić information content (AvgIpc) is 3.48. The molecule has 2 aliphatic rings. The van der Waals surface area contributed by atoms with Crippen LogP contribution in [0, 0.1) is 17.3 Å². The molecule has 1 fully saturated rings. The van der Waals surface area contributed by atoms with Crippen molar-refractivity contribution in [1.82, 2.24) is 24.2 Å². The molecule has 0 spiro atoms. The number of allylic oxidation sites excluding steroid dienone is 1. The van der Waals surface area contributed by atoms with Crippen LogP contribution in [0.3, 0.4) is 0 Å². The van der Waals surface area contributed by atoms with Crippen LogP contribution in [0.15, 0.2) is 39.9 Å². The second-order valence-corrected chi connectivity index (χ2v) is 9.94. The molecule has 0 bridgehead atoms. The molecule has 162 valence electrons. The third kappa shape index (κ3) is 3.40. The number of likely N-dealkylation sites (tertiary alicyclic amines) is 1. The normalized spacial score (nSPS) is 21.0. The van der Waals surface area contributed by atoms with Crippen molar-refractivity contribution in [1.29, 1.82) is 0 Å². The molecule has 0 saturated carbocycles. The van der Waals surface area contributed by atoms with Crippen LogP contribution in [-0.4, -0.2) is 43.2 Å². The largest absolute Gasteiger partial charge is 0.364 e. The summed E-state index contributed by atoms with van der Waals surface area (Å²) in [4.78, 5) is 32.0. The first-order valence-electron chi connectivity index (χ1n) is 10.7. The van der Waals surface area contributed by atoms with Crippen LogP contribution in [0.1, 0.15) is 43.4 Å². The van der Waals surface area contributed by atoms with E-state index in [0.29, 0.717) is 42.8 Å². The minimum Gasteiger partial charge on any atom is -0.364 e. The van der Waals surface area contributed by atoms with Crippen molar-refractivity contribution in [3.63, 3.8) is 0 Å². The van der Waals surface area contributed by atoms with Crippen LogP contribution < -0.4 is 5.69 Å². The number of imidazole rings is 1. The van der Waals surface area contributed by atoms with Gasteiger partial charge in [0, 0.05) is 32.7 Å². The maximum atomic E-state index is 12.8. The summed E-state index contributed by atoms with van der Waals surface area (Å²) in [6, 6.07) is 5.64. The first kappa shape index (κ1) is 19.8. The summed E-state index contributed by atoms with van der Waals surface area (Å²) in [6.45, 7) is 8.41. The highest BCUT2D eigenvalue weighted by molar-refractivity contribution is 5.92. The molecule has 1 amide bonds. The lowest BCUT2D eigenvalue weighted by atomic mass is 9.97. The number of carbonyl (C=O) groups is 1. The van der Waals surface area contributed by atoms with E-state index in [1.807, 2.05) is 21.6 Å². The second kappa shape index (κ2) is 6.93. The SMILES string of the molecule is Cn1c(=O)n(CC(C)(C)C)c2ccc(C3=CC4CN(C(=O)c5ccon5)CC4C3)nc21. The topological polar surface area (TPSA) is 86.2 Å². The number of pyridine rings is 1. The van der Waals surface area contributed by atoms with E-state index in [1.54, 1.807) is 17.7 Å². The highest BCUT2D eigenvalue weighted by Gasteiger charge is 2.39. The number of hydrogen-bond acceptors (Lipinski definition) is 5. The van der Waals surface area contributed by atoms with E-state index in [4.69, 9.17) is 9.51 Å². The standard InChI is InChI=1S/C23H27N5O3/c1-23(2,3)13-28-19-6-5-17(24-20(19)26(4)22(28)30)14-9-15-11-27(12-16(15)10-14)21(29)18-7-8-31-25-18/h5-9,15-16H,10-13H2,1-4H3. The monoisotopic (exact) mass is 421 g/mol. The van der Waals surface area contributed by atoms with Crippen LogP contribution in [0.4, 0.5) is 0 Å². The number of amides is 1. The van der Waals surface area contributed by atoms with Crippen molar-refractivity contribution in [3.05, 3.63) is 52.4 Å². The number of fused-ring (bicyclic) bond motifs is 2. The lowest BCUT2D eigenvalue weighted by Crippen LogP contribution is -2.29. The van der Waals surface area contributed by atoms with Gasteiger partial charge in [0.05, 0.1) is 11.2 Å². The van der Waals surface area contributed by atoms with Crippen LogP contribution in [0.2, 0.25) is 0 Å². The zero-order valence-electron chi connectivity index (χ0n) is 18.3. The predicted octanol–water partition coefficient (Wildman–Crippen LogP) is 2.94. The molecule has 1 aliphatic carbocycles. The maximum absolute atomic E-state index is 12.8. The zero-order chi connectivity index (χ0) is 21.9. The van der Waals surface area contributed by atoms with Gasteiger partial charge in [0.2, 0.25) is 0 Å². The summed E-state index contributed by atoms with van der Waals surface area (Å²) in [5, 5.41) is 3.76. The number of carbonyl (C=O) groups excluding carboxylic acids is 1. The first-order chi connectivity index (χ1) is 14.7. The molecule has 0 radical (unpaired) electrons. The third-order valence-corrected chi connectivity index (χ3v) is 6.28. The molecular formula is C23H27N5O3. The molecule has 1 saturated heterocycles. The number of hydrogen-bond donors (Lipinski definition) is 0. The van der Waals surface area contributed by atoms with Crippen molar-refractivity contribution in [3.8, 4) is 0 Å². The summed E-state index contributed by atoms with van der Waals surface area (Å²) in [6.07, 6.45) is 4.55. The average molecular weight is 422 g/mol. The van der Waals surface area contributed by atoms with Crippen molar-refractivity contribution < 1.29 is 9.32 Å². The predicted molar refractivity (Wildman–Crippen MR) is 116 cm³/mol. The molecule has 1 aliphatic heterocycles. The molecular weight excluding hydrogens is 394 g/mol. The molecule has 3 aromatic rings. The number of aryl methyl sites for hydroxylation is 1. The van der Waals surface area contributed by atoms with E-state index >= 15 is 0 Å². The van der Waals surface area contributed by atoms with Crippen LogP contribution >= 0.6 is 0 Å². The molecule has 2 unspecified atom stereocenters. The number of aromatic nitrogens is 4. The summed E-state index contributed by atoms with van der Waals surface area (Å²) in [7, 11) is 1.78. The van der Waals surface area contributed by atoms with E-state index in [1.165, 1.54) is 11.8 Å². The number of nitrogens with zero attached hydrogens (tertiary/aromatic N) is 5.